The Kier molecular flexibility index (Phi) is 3.67. The molecular formula is C9H15F3N2O2. The van der Waals surface area contributed by atoms with Gasteiger partial charge in [0, 0.05) is 26.2 Å². The van der Waals surface area contributed by atoms with Gasteiger partial charge in [-0.15, -0.1) is 0 Å². The van der Waals surface area contributed by atoms with Crippen LogP contribution in [0.3, 0.4) is 0 Å². The van der Waals surface area contributed by atoms with Crippen molar-refractivity contribution in [1.29, 1.82) is 0 Å². The molecule has 4 nitrogen and oxygen atoms in total. The first-order valence-corrected chi connectivity index (χ1v) is 4.99. The van der Waals surface area contributed by atoms with Crippen LogP contribution in [0, 0.1) is 0 Å². The lowest BCUT2D eigenvalue weighted by Crippen LogP contribution is -2.51. The molecule has 0 atom stereocenters. The van der Waals surface area contributed by atoms with Crippen molar-refractivity contribution in [1.82, 2.24) is 10.2 Å². The van der Waals surface area contributed by atoms with Crippen LogP contribution in [0.2, 0.25) is 0 Å². The summed E-state index contributed by atoms with van der Waals surface area (Å²) in [5.41, 5.74) is -2.45. The summed E-state index contributed by atoms with van der Waals surface area (Å²) in [5, 5.41) is 2.99. The lowest BCUT2D eigenvalue weighted by molar-refractivity contribution is -0.246. The standard InChI is InChI=1S/C9H15F3N2O2/c1-8(2,9(10,11)12)16-7(15)14-5-3-13-4-6-14/h13H,3-6H2,1-2H3. The molecule has 1 aliphatic rings. The summed E-state index contributed by atoms with van der Waals surface area (Å²) in [4.78, 5) is 12.7. The van der Waals surface area contributed by atoms with Gasteiger partial charge in [-0.3, -0.25) is 0 Å². The Bertz CT molecular complexity index is 260. The Balaban J connectivity index is 2.56. The van der Waals surface area contributed by atoms with Crippen molar-refractivity contribution in [2.75, 3.05) is 26.2 Å². The predicted octanol–water partition coefficient (Wildman–Crippen LogP) is 1.37. The fourth-order valence-electron chi connectivity index (χ4n) is 1.19. The first kappa shape index (κ1) is 13.1. The quantitative estimate of drug-likeness (QED) is 0.752. The van der Waals surface area contributed by atoms with Gasteiger partial charge in [-0.2, -0.15) is 13.2 Å². The zero-order chi connectivity index (χ0) is 12.4. The molecule has 0 unspecified atom stereocenters. The minimum absolute atomic E-state index is 0.368. The summed E-state index contributed by atoms with van der Waals surface area (Å²) in [6.45, 7) is 3.56. The smallest absolute Gasteiger partial charge is 0.427 e. The van der Waals surface area contributed by atoms with Crippen LogP contribution in [0.4, 0.5) is 18.0 Å². The average molecular weight is 240 g/mol. The molecule has 1 saturated heterocycles. The van der Waals surface area contributed by atoms with Crippen LogP contribution in [-0.2, 0) is 4.74 Å². The zero-order valence-electron chi connectivity index (χ0n) is 9.23. The maximum absolute atomic E-state index is 12.5. The third kappa shape index (κ3) is 3.01. The Hall–Kier alpha value is -0.980. The summed E-state index contributed by atoms with van der Waals surface area (Å²) in [5.74, 6) is 0. The van der Waals surface area contributed by atoms with Gasteiger partial charge in [0.2, 0.25) is 5.60 Å². The van der Waals surface area contributed by atoms with E-state index in [2.05, 4.69) is 10.1 Å². The van der Waals surface area contributed by atoms with Crippen molar-refractivity contribution < 1.29 is 22.7 Å². The van der Waals surface area contributed by atoms with Gasteiger partial charge in [-0.1, -0.05) is 0 Å². The Morgan fingerprint density at radius 2 is 1.75 bits per heavy atom. The number of halogens is 3. The van der Waals surface area contributed by atoms with Gasteiger partial charge in [-0.05, 0) is 13.8 Å². The van der Waals surface area contributed by atoms with Crippen molar-refractivity contribution in [2.24, 2.45) is 0 Å². The summed E-state index contributed by atoms with van der Waals surface area (Å²) in [7, 11) is 0. The third-order valence-electron chi connectivity index (χ3n) is 2.40. The van der Waals surface area contributed by atoms with Crippen molar-refractivity contribution >= 4 is 6.09 Å². The highest BCUT2D eigenvalue weighted by molar-refractivity contribution is 5.68. The second-order valence-corrected chi connectivity index (χ2v) is 4.11. The lowest BCUT2D eigenvalue weighted by atomic mass is 10.1. The molecule has 0 bridgehead atoms. The largest absolute Gasteiger partial charge is 0.434 e. The summed E-state index contributed by atoms with van der Waals surface area (Å²) in [6.07, 6.45) is -5.47. The van der Waals surface area contributed by atoms with E-state index >= 15 is 0 Å². The second kappa shape index (κ2) is 4.48. The van der Waals surface area contributed by atoms with Gasteiger partial charge >= 0.3 is 12.3 Å². The van der Waals surface area contributed by atoms with Crippen molar-refractivity contribution in [3.05, 3.63) is 0 Å². The van der Waals surface area contributed by atoms with E-state index in [1.54, 1.807) is 0 Å². The van der Waals surface area contributed by atoms with Crippen LogP contribution in [-0.4, -0.2) is 48.9 Å². The minimum Gasteiger partial charge on any atom is -0.434 e. The Morgan fingerprint density at radius 3 is 2.19 bits per heavy atom. The molecule has 0 saturated carbocycles. The molecular weight excluding hydrogens is 225 g/mol. The van der Waals surface area contributed by atoms with Crippen LogP contribution < -0.4 is 5.32 Å². The number of hydrogen-bond donors (Lipinski definition) is 1. The van der Waals surface area contributed by atoms with Gasteiger partial charge in [0.15, 0.2) is 0 Å². The number of alkyl halides is 3. The molecule has 1 amide bonds. The number of ether oxygens (including phenoxy) is 1. The molecule has 0 aliphatic carbocycles. The van der Waals surface area contributed by atoms with E-state index in [0.717, 1.165) is 13.8 Å². The highest BCUT2D eigenvalue weighted by Crippen LogP contribution is 2.33. The number of piperazine rings is 1. The fraction of sp³-hybridized carbons (Fsp3) is 0.889. The van der Waals surface area contributed by atoms with E-state index in [1.807, 2.05) is 0 Å². The van der Waals surface area contributed by atoms with E-state index in [0.29, 0.717) is 26.2 Å². The van der Waals surface area contributed by atoms with Gasteiger partial charge < -0.3 is 15.0 Å². The SMILES string of the molecule is CC(C)(OC(=O)N1CCNCC1)C(F)(F)F. The van der Waals surface area contributed by atoms with Crippen LogP contribution in [0.5, 0.6) is 0 Å². The first-order valence-electron chi connectivity index (χ1n) is 4.99. The van der Waals surface area contributed by atoms with E-state index in [4.69, 9.17) is 0 Å². The number of hydrogen-bond acceptors (Lipinski definition) is 3. The molecule has 1 N–H and O–H groups in total. The average Bonchev–Trinajstić information content (AvgIpc) is 2.16. The lowest BCUT2D eigenvalue weighted by Gasteiger charge is -2.32. The van der Waals surface area contributed by atoms with Crippen molar-refractivity contribution in [3.63, 3.8) is 0 Å². The Labute approximate surface area is 91.7 Å². The van der Waals surface area contributed by atoms with Crippen LogP contribution >= 0.6 is 0 Å². The molecule has 1 heterocycles. The van der Waals surface area contributed by atoms with E-state index in [1.165, 1.54) is 4.90 Å². The topological polar surface area (TPSA) is 41.6 Å². The molecule has 0 radical (unpaired) electrons. The summed E-state index contributed by atoms with van der Waals surface area (Å²) in [6, 6.07) is 0. The fourth-order valence-corrected chi connectivity index (χ4v) is 1.19. The minimum atomic E-state index is -4.56. The number of rotatable bonds is 1. The molecule has 16 heavy (non-hydrogen) atoms. The van der Waals surface area contributed by atoms with E-state index in [9.17, 15) is 18.0 Å². The molecule has 1 rings (SSSR count). The summed E-state index contributed by atoms with van der Waals surface area (Å²) < 4.78 is 41.8. The molecule has 0 aromatic rings. The van der Waals surface area contributed by atoms with Crippen molar-refractivity contribution in [2.45, 2.75) is 25.6 Å². The molecule has 1 aliphatic heterocycles. The maximum Gasteiger partial charge on any atom is 0.427 e. The number of carbonyl (C=O) groups excluding carboxylic acids is 1. The molecule has 0 aromatic carbocycles. The molecule has 94 valence electrons. The second-order valence-electron chi connectivity index (χ2n) is 4.11. The molecule has 0 aromatic heterocycles. The van der Waals surface area contributed by atoms with Crippen LogP contribution in [0.15, 0.2) is 0 Å². The number of nitrogens with zero attached hydrogens (tertiary/aromatic N) is 1. The number of carbonyl (C=O) groups is 1. The third-order valence-corrected chi connectivity index (χ3v) is 2.40. The maximum atomic E-state index is 12.5. The zero-order valence-corrected chi connectivity index (χ0v) is 9.23. The van der Waals surface area contributed by atoms with Gasteiger partial charge in [0.1, 0.15) is 0 Å². The van der Waals surface area contributed by atoms with Gasteiger partial charge in [0.05, 0.1) is 0 Å². The van der Waals surface area contributed by atoms with Gasteiger partial charge in [-0.25, -0.2) is 4.79 Å². The van der Waals surface area contributed by atoms with Gasteiger partial charge in [0.25, 0.3) is 0 Å². The predicted molar refractivity (Wildman–Crippen MR) is 51.1 cm³/mol. The molecule has 1 fully saturated rings. The Morgan fingerprint density at radius 1 is 1.25 bits per heavy atom. The molecule has 0 spiro atoms. The summed E-state index contributed by atoms with van der Waals surface area (Å²) >= 11 is 0. The monoisotopic (exact) mass is 240 g/mol. The number of nitrogens with one attached hydrogen (secondary N) is 1. The normalized spacial score (nSPS) is 18.4. The van der Waals surface area contributed by atoms with Crippen LogP contribution in [0.25, 0.3) is 0 Å². The van der Waals surface area contributed by atoms with E-state index < -0.39 is 17.9 Å². The number of amides is 1. The molecule has 7 heteroatoms. The first-order chi connectivity index (χ1) is 7.24. The van der Waals surface area contributed by atoms with E-state index in [-0.39, 0.29) is 0 Å². The highest BCUT2D eigenvalue weighted by Gasteiger charge is 2.51. The van der Waals surface area contributed by atoms with Crippen LogP contribution in [0.1, 0.15) is 13.8 Å². The highest BCUT2D eigenvalue weighted by atomic mass is 19.4. The van der Waals surface area contributed by atoms with Crippen molar-refractivity contribution in [3.8, 4) is 0 Å².